The molecule has 2 atom stereocenters. The van der Waals surface area contributed by atoms with Gasteiger partial charge in [-0.05, 0) is 44.4 Å². The summed E-state index contributed by atoms with van der Waals surface area (Å²) >= 11 is 0. The summed E-state index contributed by atoms with van der Waals surface area (Å²) in [6.07, 6.45) is 4.04. The lowest BCUT2D eigenvalue weighted by Gasteiger charge is -2.35. The van der Waals surface area contributed by atoms with Crippen LogP contribution in [0.1, 0.15) is 32.6 Å². The van der Waals surface area contributed by atoms with Crippen molar-refractivity contribution in [2.75, 3.05) is 26.7 Å². The summed E-state index contributed by atoms with van der Waals surface area (Å²) in [6, 6.07) is 0.0875. The highest BCUT2D eigenvalue weighted by atomic mass is 32.2. The highest BCUT2D eigenvalue weighted by molar-refractivity contribution is 7.86. The Balaban J connectivity index is 2.04. The monoisotopic (exact) mass is 276 g/mol. The highest BCUT2D eigenvalue weighted by Crippen LogP contribution is 2.36. The minimum absolute atomic E-state index is 0.0773. The molecule has 0 spiro atoms. The van der Waals surface area contributed by atoms with Crippen molar-refractivity contribution >= 4 is 10.2 Å². The molecule has 2 rings (SSSR count). The van der Waals surface area contributed by atoms with E-state index in [0.717, 1.165) is 25.7 Å². The number of aliphatic hydroxyl groups excluding tert-OH is 1. The van der Waals surface area contributed by atoms with E-state index >= 15 is 0 Å². The molecule has 5 nitrogen and oxygen atoms in total. The normalized spacial score (nSPS) is 28.6. The van der Waals surface area contributed by atoms with Gasteiger partial charge in [0.2, 0.25) is 0 Å². The third kappa shape index (κ3) is 2.87. The Morgan fingerprint density at radius 3 is 2.61 bits per heavy atom. The lowest BCUT2D eigenvalue weighted by atomic mass is 10.0. The molecule has 18 heavy (non-hydrogen) atoms. The summed E-state index contributed by atoms with van der Waals surface area (Å²) in [5, 5.41) is 9.19. The molecule has 1 saturated heterocycles. The van der Waals surface area contributed by atoms with Crippen molar-refractivity contribution in [1.29, 1.82) is 0 Å². The summed E-state index contributed by atoms with van der Waals surface area (Å²) in [7, 11) is -1.67. The van der Waals surface area contributed by atoms with Crippen LogP contribution < -0.4 is 0 Å². The van der Waals surface area contributed by atoms with E-state index in [4.69, 9.17) is 0 Å². The molecule has 2 aliphatic rings. The van der Waals surface area contributed by atoms with Crippen molar-refractivity contribution in [2.24, 2.45) is 11.8 Å². The maximum absolute atomic E-state index is 12.5. The van der Waals surface area contributed by atoms with Crippen LogP contribution in [0, 0.1) is 11.8 Å². The fraction of sp³-hybridized carbons (Fsp3) is 1.00. The Morgan fingerprint density at radius 2 is 2.06 bits per heavy atom. The molecule has 1 heterocycles. The molecule has 0 bridgehead atoms. The first-order valence-electron chi connectivity index (χ1n) is 6.80. The van der Waals surface area contributed by atoms with E-state index in [1.807, 2.05) is 6.92 Å². The van der Waals surface area contributed by atoms with Crippen LogP contribution in [0.2, 0.25) is 0 Å². The van der Waals surface area contributed by atoms with Gasteiger partial charge >= 0.3 is 0 Å². The standard InChI is InChI=1S/C12H24N2O3S/c1-10(12-5-6-12)13(2)18(16,17)14-7-3-4-11(8-14)9-15/h10-12,15H,3-9H2,1-2H3. The Hall–Kier alpha value is -0.170. The molecule has 1 N–H and O–H groups in total. The van der Waals surface area contributed by atoms with Crippen molar-refractivity contribution < 1.29 is 13.5 Å². The van der Waals surface area contributed by atoms with Crippen molar-refractivity contribution in [3.63, 3.8) is 0 Å². The molecule has 106 valence electrons. The summed E-state index contributed by atoms with van der Waals surface area (Å²) in [5.41, 5.74) is 0. The molecular formula is C12H24N2O3S. The van der Waals surface area contributed by atoms with Gasteiger partial charge in [0, 0.05) is 32.8 Å². The van der Waals surface area contributed by atoms with Gasteiger partial charge in [-0.25, -0.2) is 0 Å². The predicted molar refractivity (Wildman–Crippen MR) is 70.3 cm³/mol. The largest absolute Gasteiger partial charge is 0.396 e. The molecule has 1 saturated carbocycles. The summed E-state index contributed by atoms with van der Waals surface area (Å²) in [5.74, 6) is 0.626. The molecule has 6 heteroatoms. The summed E-state index contributed by atoms with van der Waals surface area (Å²) < 4.78 is 28.0. The van der Waals surface area contributed by atoms with Gasteiger partial charge in [-0.2, -0.15) is 17.0 Å². The van der Waals surface area contributed by atoms with Gasteiger partial charge in [0.25, 0.3) is 10.2 Å². The molecule has 2 unspecified atom stereocenters. The van der Waals surface area contributed by atoms with Gasteiger partial charge < -0.3 is 5.11 Å². The Morgan fingerprint density at radius 1 is 1.39 bits per heavy atom. The lowest BCUT2D eigenvalue weighted by molar-refractivity contribution is 0.159. The smallest absolute Gasteiger partial charge is 0.281 e. The van der Waals surface area contributed by atoms with Crippen molar-refractivity contribution in [2.45, 2.75) is 38.6 Å². The van der Waals surface area contributed by atoms with Crippen molar-refractivity contribution in [3.05, 3.63) is 0 Å². The molecular weight excluding hydrogens is 252 g/mol. The first-order valence-corrected chi connectivity index (χ1v) is 8.20. The van der Waals surface area contributed by atoms with Crippen molar-refractivity contribution in [3.8, 4) is 0 Å². The Bertz CT molecular complexity index is 381. The van der Waals surface area contributed by atoms with Gasteiger partial charge in [-0.15, -0.1) is 0 Å². The van der Waals surface area contributed by atoms with E-state index in [1.165, 1.54) is 8.61 Å². The van der Waals surface area contributed by atoms with Crippen LogP contribution >= 0.6 is 0 Å². The average Bonchev–Trinajstić information content (AvgIpc) is 3.21. The van der Waals surface area contributed by atoms with Crippen LogP contribution in [0.25, 0.3) is 0 Å². The Kier molecular flexibility index (Phi) is 4.31. The zero-order valence-electron chi connectivity index (χ0n) is 11.2. The number of hydrogen-bond donors (Lipinski definition) is 1. The van der Waals surface area contributed by atoms with E-state index in [-0.39, 0.29) is 18.6 Å². The van der Waals surface area contributed by atoms with Crippen molar-refractivity contribution in [1.82, 2.24) is 8.61 Å². The first-order chi connectivity index (χ1) is 8.46. The maximum Gasteiger partial charge on any atom is 0.281 e. The zero-order valence-corrected chi connectivity index (χ0v) is 12.1. The molecule has 0 aromatic rings. The third-order valence-corrected chi connectivity index (χ3v) is 6.35. The summed E-state index contributed by atoms with van der Waals surface area (Å²) in [4.78, 5) is 0. The van der Waals surface area contributed by atoms with Gasteiger partial charge in [-0.3, -0.25) is 0 Å². The SMILES string of the molecule is CC(C1CC1)N(C)S(=O)(=O)N1CCCC(CO)C1. The number of aliphatic hydroxyl groups is 1. The van der Waals surface area contributed by atoms with Gasteiger partial charge in [0.1, 0.15) is 0 Å². The van der Waals surface area contributed by atoms with Gasteiger partial charge in [0.15, 0.2) is 0 Å². The number of piperidine rings is 1. The fourth-order valence-corrected chi connectivity index (χ4v) is 4.37. The fourth-order valence-electron chi connectivity index (χ4n) is 2.65. The van der Waals surface area contributed by atoms with E-state index in [9.17, 15) is 13.5 Å². The molecule has 0 radical (unpaired) electrons. The topological polar surface area (TPSA) is 60.9 Å². The first kappa shape index (κ1) is 14.2. The molecule has 0 aromatic carbocycles. The van der Waals surface area contributed by atoms with Gasteiger partial charge in [-0.1, -0.05) is 0 Å². The second kappa shape index (κ2) is 5.45. The van der Waals surface area contributed by atoms with Crippen LogP contribution in [0.4, 0.5) is 0 Å². The molecule has 0 aromatic heterocycles. The average molecular weight is 276 g/mol. The van der Waals surface area contributed by atoms with Crippen LogP contribution in [0.5, 0.6) is 0 Å². The van der Waals surface area contributed by atoms with E-state index in [0.29, 0.717) is 19.0 Å². The number of hydrogen-bond acceptors (Lipinski definition) is 3. The van der Waals surface area contributed by atoms with E-state index in [2.05, 4.69) is 0 Å². The van der Waals surface area contributed by atoms with Gasteiger partial charge in [0.05, 0.1) is 0 Å². The highest BCUT2D eigenvalue weighted by Gasteiger charge is 2.39. The maximum atomic E-state index is 12.5. The molecule has 0 amide bonds. The molecule has 1 aliphatic carbocycles. The number of nitrogens with zero attached hydrogens (tertiary/aromatic N) is 2. The summed E-state index contributed by atoms with van der Waals surface area (Å²) in [6.45, 7) is 3.11. The molecule has 1 aliphatic heterocycles. The zero-order chi connectivity index (χ0) is 13.3. The number of rotatable bonds is 5. The van der Waals surface area contributed by atoms with Crippen LogP contribution in [0.3, 0.4) is 0 Å². The molecule has 2 fully saturated rings. The van der Waals surface area contributed by atoms with Crippen LogP contribution in [-0.2, 0) is 10.2 Å². The Labute approximate surface area is 110 Å². The minimum Gasteiger partial charge on any atom is -0.396 e. The minimum atomic E-state index is -3.35. The predicted octanol–water partition coefficient (Wildman–Crippen LogP) is 0.666. The van der Waals surface area contributed by atoms with Crippen LogP contribution in [0.15, 0.2) is 0 Å². The quantitative estimate of drug-likeness (QED) is 0.802. The van der Waals surface area contributed by atoms with E-state index in [1.54, 1.807) is 7.05 Å². The second-order valence-electron chi connectivity index (χ2n) is 5.65. The van der Waals surface area contributed by atoms with Crippen LogP contribution in [-0.4, -0.2) is 54.9 Å². The second-order valence-corrected chi connectivity index (χ2v) is 7.64. The van der Waals surface area contributed by atoms with E-state index < -0.39 is 10.2 Å². The third-order valence-electron chi connectivity index (χ3n) is 4.31. The lowest BCUT2D eigenvalue weighted by Crippen LogP contribution is -2.50.